The number of H-pyrrole nitrogens is 1. The van der Waals surface area contributed by atoms with E-state index >= 15 is 0 Å². The highest BCUT2D eigenvalue weighted by atomic mass is 32.2. The molecule has 0 unspecified atom stereocenters. The number of benzene rings is 2. The summed E-state index contributed by atoms with van der Waals surface area (Å²) < 4.78 is 26.1. The lowest BCUT2D eigenvalue weighted by Gasteiger charge is -2.09. The first-order chi connectivity index (χ1) is 18.9. The lowest BCUT2D eigenvalue weighted by molar-refractivity contribution is 0.101. The van der Waals surface area contributed by atoms with Crippen LogP contribution in [0.15, 0.2) is 78.2 Å². The molecule has 10 heteroatoms. The van der Waals surface area contributed by atoms with E-state index in [2.05, 4.69) is 15.3 Å². The smallest absolute Gasteiger partial charge is 0.273 e. The molecule has 3 aromatic heterocycles. The molecule has 2 N–H and O–H groups in total. The van der Waals surface area contributed by atoms with E-state index in [1.54, 1.807) is 56.3 Å². The van der Waals surface area contributed by atoms with Crippen LogP contribution in [-0.2, 0) is 7.05 Å². The van der Waals surface area contributed by atoms with E-state index in [0.29, 0.717) is 28.7 Å². The Morgan fingerprint density at radius 1 is 1.00 bits per heavy atom. The zero-order chi connectivity index (χ0) is 27.5. The van der Waals surface area contributed by atoms with Crippen molar-refractivity contribution in [1.29, 1.82) is 0 Å². The van der Waals surface area contributed by atoms with Crippen molar-refractivity contribution in [3.8, 4) is 45.1 Å². The summed E-state index contributed by atoms with van der Waals surface area (Å²) in [6, 6.07) is 17.1. The molecule has 0 aliphatic carbocycles. The minimum absolute atomic E-state index is 0.313. The topological polar surface area (TPSA) is 94.1 Å². The summed E-state index contributed by atoms with van der Waals surface area (Å²) in [7, 11) is 5.01. The number of hydrogen-bond acceptors (Lipinski definition) is 6. The predicted octanol–water partition coefficient (Wildman–Crippen LogP) is 6.27. The van der Waals surface area contributed by atoms with E-state index < -0.39 is 0 Å². The molecule has 0 aliphatic heterocycles. The standard InChI is InChI=1S/C29H26FN5O3S/c1-35-16-19(22-15-21(37-2)9-10-24(22)38-3)13-23(35)28(36)32-25-14-18(11-12-31-25)27-26(33-29(34-27)39-4)17-5-7-20(30)8-6-17/h5-16H,1-4H3,(H,33,34)(H,31,32,36). The zero-order valence-electron chi connectivity index (χ0n) is 21.8. The van der Waals surface area contributed by atoms with Crippen LogP contribution in [0.25, 0.3) is 33.6 Å². The Morgan fingerprint density at radius 2 is 1.79 bits per heavy atom. The molecule has 0 atom stereocenters. The van der Waals surface area contributed by atoms with Gasteiger partial charge >= 0.3 is 0 Å². The molecule has 0 saturated carbocycles. The molecule has 8 nitrogen and oxygen atoms in total. The van der Waals surface area contributed by atoms with E-state index in [4.69, 9.17) is 14.5 Å². The van der Waals surface area contributed by atoms with Crippen molar-refractivity contribution in [2.24, 2.45) is 7.05 Å². The Bertz CT molecular complexity index is 1650. The number of pyridine rings is 1. The van der Waals surface area contributed by atoms with Crippen LogP contribution in [0.5, 0.6) is 11.5 Å². The first-order valence-corrected chi connectivity index (χ1v) is 13.2. The van der Waals surface area contributed by atoms with Crippen molar-refractivity contribution in [3.63, 3.8) is 0 Å². The van der Waals surface area contributed by atoms with Crippen molar-refractivity contribution in [3.05, 3.63) is 84.6 Å². The molecular weight excluding hydrogens is 517 g/mol. The summed E-state index contributed by atoms with van der Waals surface area (Å²) in [6.45, 7) is 0. The number of carbonyl (C=O) groups is 1. The highest BCUT2D eigenvalue weighted by Crippen LogP contribution is 2.35. The third-order valence-corrected chi connectivity index (χ3v) is 6.82. The number of nitrogens with one attached hydrogen (secondary N) is 2. The molecule has 5 aromatic rings. The van der Waals surface area contributed by atoms with Gasteiger partial charge in [-0.25, -0.2) is 14.4 Å². The monoisotopic (exact) mass is 543 g/mol. The molecule has 0 spiro atoms. The van der Waals surface area contributed by atoms with Gasteiger partial charge in [-0.05, 0) is 66.9 Å². The van der Waals surface area contributed by atoms with Crippen LogP contribution >= 0.6 is 11.8 Å². The quantitative estimate of drug-likeness (QED) is 0.224. The van der Waals surface area contributed by atoms with Crippen molar-refractivity contribution >= 4 is 23.5 Å². The predicted molar refractivity (Wildman–Crippen MR) is 151 cm³/mol. The number of hydrogen-bond donors (Lipinski definition) is 2. The van der Waals surface area contributed by atoms with Crippen LogP contribution in [0.1, 0.15) is 10.5 Å². The van der Waals surface area contributed by atoms with Crippen LogP contribution in [0, 0.1) is 5.82 Å². The van der Waals surface area contributed by atoms with E-state index in [0.717, 1.165) is 33.1 Å². The molecule has 198 valence electrons. The molecule has 5 rings (SSSR count). The Hall–Kier alpha value is -4.57. The second-order valence-electron chi connectivity index (χ2n) is 8.65. The van der Waals surface area contributed by atoms with E-state index in [1.165, 1.54) is 23.9 Å². The van der Waals surface area contributed by atoms with Gasteiger partial charge in [0.05, 0.1) is 25.6 Å². The number of aryl methyl sites for hydroxylation is 1. The van der Waals surface area contributed by atoms with Crippen molar-refractivity contribution in [1.82, 2.24) is 19.5 Å². The molecular formula is C29H26FN5O3S. The van der Waals surface area contributed by atoms with Crippen LogP contribution < -0.4 is 14.8 Å². The summed E-state index contributed by atoms with van der Waals surface area (Å²) in [6.07, 6.45) is 5.40. The Kier molecular flexibility index (Phi) is 7.38. The molecule has 0 radical (unpaired) electrons. The van der Waals surface area contributed by atoms with Crippen molar-refractivity contribution in [2.45, 2.75) is 5.16 Å². The lowest BCUT2D eigenvalue weighted by Crippen LogP contribution is -2.16. The van der Waals surface area contributed by atoms with Crippen LogP contribution in [-0.4, -0.2) is 45.9 Å². The summed E-state index contributed by atoms with van der Waals surface area (Å²) in [4.78, 5) is 25.6. The number of aromatic amines is 1. The van der Waals surface area contributed by atoms with Gasteiger partial charge in [-0.1, -0.05) is 11.8 Å². The number of nitrogens with zero attached hydrogens (tertiary/aromatic N) is 3. The average molecular weight is 544 g/mol. The summed E-state index contributed by atoms with van der Waals surface area (Å²) in [5.41, 5.74) is 5.04. The zero-order valence-corrected chi connectivity index (χ0v) is 22.6. The first-order valence-electron chi connectivity index (χ1n) is 12.0. The molecule has 0 fully saturated rings. The number of thioether (sulfide) groups is 1. The number of rotatable bonds is 8. The van der Waals surface area contributed by atoms with Crippen molar-refractivity contribution in [2.75, 3.05) is 25.8 Å². The number of methoxy groups -OCH3 is 2. The molecule has 39 heavy (non-hydrogen) atoms. The molecule has 2 aromatic carbocycles. The summed E-state index contributed by atoms with van der Waals surface area (Å²) in [5, 5.41) is 3.61. The number of imidazole rings is 1. The minimum Gasteiger partial charge on any atom is -0.497 e. The molecule has 0 aliphatic rings. The summed E-state index contributed by atoms with van der Waals surface area (Å²) in [5.74, 6) is 1.10. The fraction of sp³-hybridized carbons (Fsp3) is 0.138. The lowest BCUT2D eigenvalue weighted by atomic mass is 10.1. The molecule has 0 saturated heterocycles. The van der Waals surface area contributed by atoms with Gasteiger partial charge in [0, 0.05) is 41.7 Å². The molecule has 3 heterocycles. The van der Waals surface area contributed by atoms with E-state index in [-0.39, 0.29) is 11.7 Å². The minimum atomic E-state index is -0.319. The largest absolute Gasteiger partial charge is 0.497 e. The van der Waals surface area contributed by atoms with Gasteiger partial charge < -0.3 is 24.3 Å². The third kappa shape index (κ3) is 5.37. The Balaban J connectivity index is 1.44. The SMILES string of the molecule is COc1ccc(OC)c(-c2cc(C(=O)Nc3cc(-c4nc(SC)[nH]c4-c4ccc(F)cc4)ccn3)n(C)c2)c1. The average Bonchev–Trinajstić information content (AvgIpc) is 3.57. The second kappa shape index (κ2) is 11.0. The number of amides is 1. The summed E-state index contributed by atoms with van der Waals surface area (Å²) >= 11 is 1.47. The van der Waals surface area contributed by atoms with E-state index in [9.17, 15) is 9.18 Å². The highest BCUT2D eigenvalue weighted by molar-refractivity contribution is 7.98. The van der Waals surface area contributed by atoms with Gasteiger partial charge in [0.1, 0.15) is 28.8 Å². The number of aromatic nitrogens is 4. The van der Waals surface area contributed by atoms with Gasteiger partial charge in [-0.2, -0.15) is 0 Å². The highest BCUT2D eigenvalue weighted by Gasteiger charge is 2.18. The van der Waals surface area contributed by atoms with Gasteiger partial charge in [0.2, 0.25) is 0 Å². The van der Waals surface area contributed by atoms with Gasteiger partial charge in [-0.3, -0.25) is 4.79 Å². The maximum atomic E-state index is 13.5. The number of halogens is 1. The van der Waals surface area contributed by atoms with Crippen LogP contribution in [0.3, 0.4) is 0 Å². The third-order valence-electron chi connectivity index (χ3n) is 6.24. The van der Waals surface area contributed by atoms with Gasteiger partial charge in [0.15, 0.2) is 5.16 Å². The fourth-order valence-electron chi connectivity index (χ4n) is 4.29. The first kappa shape index (κ1) is 26.1. The van der Waals surface area contributed by atoms with Crippen LogP contribution in [0.4, 0.5) is 10.2 Å². The number of ether oxygens (including phenoxy) is 2. The second-order valence-corrected chi connectivity index (χ2v) is 9.45. The fourth-order valence-corrected chi connectivity index (χ4v) is 4.67. The van der Waals surface area contributed by atoms with Crippen molar-refractivity contribution < 1.29 is 18.7 Å². The number of carbonyl (C=O) groups excluding carboxylic acids is 1. The maximum Gasteiger partial charge on any atom is 0.273 e. The number of anilines is 1. The Labute approximate surface area is 229 Å². The van der Waals surface area contributed by atoms with Gasteiger partial charge in [0.25, 0.3) is 5.91 Å². The molecule has 0 bridgehead atoms. The Morgan fingerprint density at radius 3 is 2.51 bits per heavy atom. The van der Waals surface area contributed by atoms with Crippen LogP contribution in [0.2, 0.25) is 0 Å². The van der Waals surface area contributed by atoms with E-state index in [1.807, 2.05) is 36.7 Å². The normalized spacial score (nSPS) is 10.9. The molecule has 1 amide bonds. The maximum absolute atomic E-state index is 13.5. The van der Waals surface area contributed by atoms with Gasteiger partial charge in [-0.15, -0.1) is 0 Å².